The van der Waals surface area contributed by atoms with E-state index in [-0.39, 0.29) is 16.9 Å². The smallest absolute Gasteiger partial charge is 0.255 e. The van der Waals surface area contributed by atoms with Gasteiger partial charge in [-0.05, 0) is 43.4 Å². The van der Waals surface area contributed by atoms with E-state index in [2.05, 4.69) is 11.1 Å². The number of rotatable bonds is 3. The van der Waals surface area contributed by atoms with Crippen LogP contribution < -0.4 is 15.8 Å². The van der Waals surface area contributed by atoms with Gasteiger partial charge < -0.3 is 20.2 Å². The highest BCUT2D eigenvalue weighted by Gasteiger charge is 2.22. The number of hydrogen-bond acceptors (Lipinski definition) is 4. The molecule has 7 heteroatoms. The number of hydrogen-bond donors (Lipinski definition) is 2. The predicted octanol–water partition coefficient (Wildman–Crippen LogP) is 3.32. The van der Waals surface area contributed by atoms with E-state index < -0.39 is 17.5 Å². The van der Waals surface area contributed by atoms with E-state index in [1.54, 1.807) is 18.2 Å². The summed E-state index contributed by atoms with van der Waals surface area (Å²) >= 11 is 0. The van der Waals surface area contributed by atoms with Crippen LogP contribution in [0.15, 0.2) is 40.8 Å². The molecule has 3 rings (SSSR count). The summed E-state index contributed by atoms with van der Waals surface area (Å²) in [6, 6.07) is 8.36. The quantitative estimate of drug-likeness (QED) is 0.761. The van der Waals surface area contributed by atoms with Crippen LogP contribution in [0.25, 0.3) is 22.3 Å². The van der Waals surface area contributed by atoms with Gasteiger partial charge in [-0.25, -0.2) is 8.78 Å². The molecule has 0 aliphatic carbocycles. The highest BCUT2D eigenvalue weighted by molar-refractivity contribution is 6.11. The minimum absolute atomic E-state index is 0.173. The molecule has 1 heterocycles. The number of methoxy groups -OCH3 is 1. The number of furan rings is 1. The van der Waals surface area contributed by atoms with E-state index >= 15 is 0 Å². The fourth-order valence-corrected chi connectivity index (χ4v) is 2.39. The van der Waals surface area contributed by atoms with Crippen LogP contribution in [0, 0.1) is 11.6 Å². The SMILES string of the molecule is CN.CNC(=O)c1c(-c2ccc(F)c(F)c2)oc2ccc(OC)cc12. The topological polar surface area (TPSA) is 77.5 Å². The Hall–Kier alpha value is -2.93. The van der Waals surface area contributed by atoms with Gasteiger partial charge in [-0.1, -0.05) is 0 Å². The molecule has 0 radical (unpaired) electrons. The van der Waals surface area contributed by atoms with E-state index in [0.717, 1.165) is 12.1 Å². The first kappa shape index (κ1) is 18.4. The molecule has 2 aromatic carbocycles. The lowest BCUT2D eigenvalue weighted by molar-refractivity contribution is 0.0964. The molecular weight excluding hydrogens is 330 g/mol. The number of carbonyl (C=O) groups is 1. The van der Waals surface area contributed by atoms with Crippen molar-refractivity contribution >= 4 is 16.9 Å². The van der Waals surface area contributed by atoms with Crippen LogP contribution in [-0.2, 0) is 0 Å². The van der Waals surface area contributed by atoms with Crippen molar-refractivity contribution in [1.82, 2.24) is 5.32 Å². The normalized spacial score (nSPS) is 10.2. The maximum Gasteiger partial charge on any atom is 0.255 e. The van der Waals surface area contributed by atoms with Gasteiger partial charge in [0.25, 0.3) is 5.91 Å². The van der Waals surface area contributed by atoms with E-state index in [4.69, 9.17) is 9.15 Å². The molecule has 3 N–H and O–H groups in total. The van der Waals surface area contributed by atoms with Crippen LogP contribution in [-0.4, -0.2) is 27.1 Å². The predicted molar refractivity (Wildman–Crippen MR) is 91.6 cm³/mol. The number of benzene rings is 2. The van der Waals surface area contributed by atoms with Gasteiger partial charge in [0.2, 0.25) is 0 Å². The Morgan fingerprint density at radius 1 is 1.12 bits per heavy atom. The van der Waals surface area contributed by atoms with Crippen LogP contribution in [0.5, 0.6) is 5.75 Å². The summed E-state index contributed by atoms with van der Waals surface area (Å²) in [6.07, 6.45) is 0. The number of amides is 1. The van der Waals surface area contributed by atoms with Crippen LogP contribution in [0.3, 0.4) is 0 Å². The first-order valence-electron chi connectivity index (χ1n) is 7.41. The van der Waals surface area contributed by atoms with Crippen molar-refractivity contribution in [3.63, 3.8) is 0 Å². The molecule has 0 spiro atoms. The first-order chi connectivity index (χ1) is 12.0. The number of halogens is 2. The molecule has 132 valence electrons. The Kier molecular flexibility index (Phi) is 5.71. The second-order valence-electron chi connectivity index (χ2n) is 4.88. The van der Waals surface area contributed by atoms with Crippen LogP contribution in [0.2, 0.25) is 0 Å². The summed E-state index contributed by atoms with van der Waals surface area (Å²) < 4.78 is 37.5. The van der Waals surface area contributed by atoms with E-state index in [1.165, 1.54) is 27.3 Å². The summed E-state index contributed by atoms with van der Waals surface area (Å²) in [5, 5.41) is 3.06. The molecule has 0 aliphatic heterocycles. The van der Waals surface area contributed by atoms with E-state index in [0.29, 0.717) is 16.7 Å². The van der Waals surface area contributed by atoms with Crippen LogP contribution in [0.1, 0.15) is 10.4 Å². The van der Waals surface area contributed by atoms with E-state index in [1.807, 2.05) is 0 Å². The zero-order valence-corrected chi connectivity index (χ0v) is 14.0. The van der Waals surface area contributed by atoms with E-state index in [9.17, 15) is 13.6 Å². The van der Waals surface area contributed by atoms with Gasteiger partial charge in [-0.3, -0.25) is 4.79 Å². The molecule has 0 bridgehead atoms. The van der Waals surface area contributed by atoms with Crippen molar-refractivity contribution in [2.45, 2.75) is 0 Å². The monoisotopic (exact) mass is 348 g/mol. The summed E-state index contributed by atoms with van der Waals surface area (Å²) in [7, 11) is 4.49. The number of nitrogens with two attached hydrogens (primary N) is 1. The third-order valence-electron chi connectivity index (χ3n) is 3.53. The fraction of sp³-hybridized carbons (Fsp3) is 0.167. The molecule has 0 atom stereocenters. The number of ether oxygens (including phenoxy) is 1. The molecule has 0 saturated carbocycles. The Balaban J connectivity index is 0.00000109. The van der Waals surface area contributed by atoms with Crippen LogP contribution in [0.4, 0.5) is 8.78 Å². The Morgan fingerprint density at radius 2 is 1.84 bits per heavy atom. The fourth-order valence-electron chi connectivity index (χ4n) is 2.39. The molecular formula is C18H18F2N2O3. The van der Waals surface area contributed by atoms with Crippen molar-refractivity contribution in [3.8, 4) is 17.1 Å². The number of nitrogens with one attached hydrogen (secondary N) is 1. The minimum atomic E-state index is -1.01. The first-order valence-corrected chi connectivity index (χ1v) is 7.41. The standard InChI is InChI=1S/C17H13F2NO3.CH5N/c1-20-17(21)15-11-8-10(22-2)4-6-14(11)23-16(15)9-3-5-12(18)13(19)7-9;1-2/h3-8H,1-2H3,(H,20,21);2H2,1H3. The highest BCUT2D eigenvalue weighted by atomic mass is 19.2. The molecule has 0 aliphatic rings. The second-order valence-corrected chi connectivity index (χ2v) is 4.88. The largest absolute Gasteiger partial charge is 0.497 e. The van der Waals surface area contributed by atoms with Gasteiger partial charge in [0, 0.05) is 18.0 Å². The zero-order valence-electron chi connectivity index (χ0n) is 14.0. The molecule has 3 aromatic rings. The third kappa shape index (κ3) is 3.46. The lowest BCUT2D eigenvalue weighted by atomic mass is 10.0. The van der Waals surface area contributed by atoms with Crippen LogP contribution >= 0.6 is 0 Å². The second kappa shape index (κ2) is 7.76. The molecule has 1 amide bonds. The van der Waals surface area contributed by atoms with Gasteiger partial charge in [0.15, 0.2) is 11.6 Å². The van der Waals surface area contributed by atoms with Gasteiger partial charge >= 0.3 is 0 Å². The molecule has 0 saturated heterocycles. The number of carbonyl (C=O) groups excluding carboxylic acids is 1. The molecule has 0 fully saturated rings. The summed E-state index contributed by atoms with van der Waals surface area (Å²) in [5.74, 6) is -1.64. The maximum absolute atomic E-state index is 13.5. The van der Waals surface area contributed by atoms with Gasteiger partial charge in [-0.15, -0.1) is 0 Å². The summed E-state index contributed by atoms with van der Waals surface area (Å²) in [6.45, 7) is 0. The third-order valence-corrected chi connectivity index (χ3v) is 3.53. The molecule has 1 aromatic heterocycles. The lowest BCUT2D eigenvalue weighted by Crippen LogP contribution is -2.18. The summed E-state index contributed by atoms with van der Waals surface area (Å²) in [5.41, 5.74) is 5.47. The molecule has 5 nitrogen and oxygen atoms in total. The number of fused-ring (bicyclic) bond motifs is 1. The molecule has 0 unspecified atom stereocenters. The van der Waals surface area contributed by atoms with Crippen molar-refractivity contribution in [3.05, 3.63) is 53.6 Å². The van der Waals surface area contributed by atoms with Gasteiger partial charge in [0.1, 0.15) is 17.1 Å². The van der Waals surface area contributed by atoms with Crippen molar-refractivity contribution < 1.29 is 22.7 Å². The van der Waals surface area contributed by atoms with Crippen molar-refractivity contribution in [2.24, 2.45) is 5.73 Å². The average molecular weight is 348 g/mol. The van der Waals surface area contributed by atoms with Gasteiger partial charge in [-0.2, -0.15) is 0 Å². The summed E-state index contributed by atoms with van der Waals surface area (Å²) in [4.78, 5) is 12.3. The Bertz CT molecular complexity index is 907. The van der Waals surface area contributed by atoms with Crippen molar-refractivity contribution in [1.29, 1.82) is 0 Å². The zero-order chi connectivity index (χ0) is 18.6. The Labute approximate surface area is 143 Å². The maximum atomic E-state index is 13.5. The average Bonchev–Trinajstić information content (AvgIpc) is 3.03. The lowest BCUT2D eigenvalue weighted by Gasteiger charge is -2.03. The molecule has 25 heavy (non-hydrogen) atoms. The highest BCUT2D eigenvalue weighted by Crippen LogP contribution is 2.35. The minimum Gasteiger partial charge on any atom is -0.497 e. The van der Waals surface area contributed by atoms with Gasteiger partial charge in [0.05, 0.1) is 12.7 Å². The Morgan fingerprint density at radius 3 is 2.44 bits per heavy atom. The van der Waals surface area contributed by atoms with Crippen molar-refractivity contribution in [2.75, 3.05) is 21.2 Å².